The maximum absolute atomic E-state index is 6.49. The predicted octanol–water partition coefficient (Wildman–Crippen LogP) is 13.4. The van der Waals surface area contributed by atoms with E-state index in [4.69, 9.17) is 4.74 Å². The second kappa shape index (κ2) is 10.2. The molecule has 2 aliphatic carbocycles. The second-order valence-corrected chi connectivity index (χ2v) is 14.3. The van der Waals surface area contributed by atoms with Crippen molar-refractivity contribution < 1.29 is 4.74 Å². The van der Waals surface area contributed by atoms with Crippen LogP contribution in [0.3, 0.4) is 0 Å². The lowest BCUT2D eigenvalue weighted by Crippen LogP contribution is -2.25. The Bertz CT molecular complexity index is 2940. The normalized spacial score (nSPS) is 13.7. The number of fused-ring (bicyclic) bond motifs is 14. The molecule has 1 heteroatoms. The molecular weight excluding hydrogens is 629 g/mol. The van der Waals surface area contributed by atoms with Crippen molar-refractivity contribution in [2.45, 2.75) is 5.41 Å². The largest absolute Gasteiger partial charge is 0.456 e. The summed E-state index contributed by atoms with van der Waals surface area (Å²) < 4.78 is 6.49. The van der Waals surface area contributed by atoms with Gasteiger partial charge in [0.25, 0.3) is 0 Å². The van der Waals surface area contributed by atoms with Crippen LogP contribution in [-0.4, -0.2) is 0 Å². The number of para-hydroxylation sites is 1. The molecule has 0 N–H and O–H groups in total. The zero-order chi connectivity index (χ0) is 34.0. The monoisotopic (exact) mass is 658 g/mol. The molecule has 3 aliphatic rings. The molecule has 0 atom stereocenters. The van der Waals surface area contributed by atoms with Crippen LogP contribution in [0.2, 0.25) is 0 Å². The lowest BCUT2D eigenvalue weighted by atomic mass is 9.70. The summed E-state index contributed by atoms with van der Waals surface area (Å²) in [7, 11) is 0. The van der Waals surface area contributed by atoms with Crippen LogP contribution in [-0.2, 0) is 5.41 Å². The molecule has 0 bridgehead atoms. The van der Waals surface area contributed by atoms with Gasteiger partial charge in [0.15, 0.2) is 0 Å². The van der Waals surface area contributed by atoms with Crippen molar-refractivity contribution in [1.29, 1.82) is 0 Å². The van der Waals surface area contributed by atoms with Crippen LogP contribution < -0.4 is 4.74 Å². The quantitative estimate of drug-likeness (QED) is 0.180. The fourth-order valence-corrected chi connectivity index (χ4v) is 9.86. The van der Waals surface area contributed by atoms with Crippen LogP contribution in [0.5, 0.6) is 11.5 Å². The van der Waals surface area contributed by atoms with Gasteiger partial charge in [-0.05, 0) is 107 Å². The summed E-state index contributed by atoms with van der Waals surface area (Å²) in [6, 6.07) is 67.3. The third kappa shape index (κ3) is 3.48. The molecule has 1 nitrogen and oxygen atoms in total. The molecule has 0 unspecified atom stereocenters. The summed E-state index contributed by atoms with van der Waals surface area (Å²) in [6.45, 7) is 0. The SMILES string of the molecule is c1ccc(-c2cccc3c4c(ccc23)C2(c3ccccc3-c3ccccc32)c2cc(-c3ccc5c6c(cccc36)-c3ccccc3O5)ccc2-4)cc1. The number of ether oxygens (including phenoxy) is 1. The van der Waals surface area contributed by atoms with Gasteiger partial charge < -0.3 is 4.74 Å². The predicted molar refractivity (Wildman–Crippen MR) is 214 cm³/mol. The van der Waals surface area contributed by atoms with Crippen LogP contribution >= 0.6 is 0 Å². The van der Waals surface area contributed by atoms with Gasteiger partial charge in [-0.3, -0.25) is 0 Å². The van der Waals surface area contributed by atoms with Gasteiger partial charge in [-0.15, -0.1) is 0 Å². The van der Waals surface area contributed by atoms with Crippen LogP contribution in [0, 0.1) is 0 Å². The van der Waals surface area contributed by atoms with E-state index < -0.39 is 5.41 Å². The molecule has 0 amide bonds. The van der Waals surface area contributed by atoms with Crippen molar-refractivity contribution in [1.82, 2.24) is 0 Å². The lowest BCUT2D eigenvalue weighted by molar-refractivity contribution is 0.487. The highest BCUT2D eigenvalue weighted by Gasteiger charge is 2.52. The summed E-state index contributed by atoms with van der Waals surface area (Å²) in [5, 5.41) is 4.96. The summed E-state index contributed by atoms with van der Waals surface area (Å²) >= 11 is 0. The van der Waals surface area contributed by atoms with Crippen LogP contribution in [0.15, 0.2) is 182 Å². The first kappa shape index (κ1) is 28.0. The van der Waals surface area contributed by atoms with E-state index in [1.54, 1.807) is 0 Å². The molecular formula is C51H30O. The Balaban J connectivity index is 1.17. The van der Waals surface area contributed by atoms with E-state index in [1.165, 1.54) is 93.9 Å². The first-order chi connectivity index (χ1) is 25.8. The summed E-state index contributed by atoms with van der Waals surface area (Å²) in [6.07, 6.45) is 0. The highest BCUT2D eigenvalue weighted by Crippen LogP contribution is 2.64. The third-order valence-electron chi connectivity index (χ3n) is 11.9. The molecule has 0 saturated heterocycles. The molecule has 1 aliphatic heterocycles. The highest BCUT2D eigenvalue weighted by atomic mass is 16.5. The van der Waals surface area contributed by atoms with E-state index >= 15 is 0 Å². The fraction of sp³-hybridized carbons (Fsp3) is 0.0196. The van der Waals surface area contributed by atoms with Gasteiger partial charge in [0.2, 0.25) is 0 Å². The summed E-state index contributed by atoms with van der Waals surface area (Å²) in [5.41, 5.74) is 17.5. The van der Waals surface area contributed by atoms with Crippen molar-refractivity contribution in [3.8, 4) is 67.1 Å². The van der Waals surface area contributed by atoms with E-state index in [0.717, 1.165) is 17.1 Å². The average Bonchev–Trinajstić information content (AvgIpc) is 3.68. The maximum Gasteiger partial charge on any atom is 0.135 e. The van der Waals surface area contributed by atoms with Gasteiger partial charge in [0.1, 0.15) is 11.5 Å². The molecule has 12 rings (SSSR count). The van der Waals surface area contributed by atoms with Crippen molar-refractivity contribution in [3.63, 3.8) is 0 Å². The molecule has 0 fully saturated rings. The van der Waals surface area contributed by atoms with Crippen molar-refractivity contribution in [2.24, 2.45) is 0 Å². The lowest BCUT2D eigenvalue weighted by Gasteiger charge is -2.31. The first-order valence-corrected chi connectivity index (χ1v) is 18.1. The van der Waals surface area contributed by atoms with Crippen LogP contribution in [0.4, 0.5) is 0 Å². The van der Waals surface area contributed by atoms with Crippen LogP contribution in [0.25, 0.3) is 77.2 Å². The third-order valence-corrected chi connectivity index (χ3v) is 11.9. The molecule has 1 spiro atoms. The minimum atomic E-state index is -0.445. The van der Waals surface area contributed by atoms with E-state index in [2.05, 4.69) is 176 Å². The molecule has 0 aromatic heterocycles. The van der Waals surface area contributed by atoms with E-state index in [0.29, 0.717) is 0 Å². The Morgan fingerprint density at radius 2 is 0.942 bits per heavy atom. The van der Waals surface area contributed by atoms with Gasteiger partial charge >= 0.3 is 0 Å². The Morgan fingerprint density at radius 1 is 0.308 bits per heavy atom. The molecule has 9 aromatic rings. The van der Waals surface area contributed by atoms with Gasteiger partial charge in [-0.1, -0.05) is 164 Å². The van der Waals surface area contributed by atoms with Crippen LogP contribution in [0.1, 0.15) is 22.3 Å². The zero-order valence-corrected chi connectivity index (χ0v) is 28.2. The minimum Gasteiger partial charge on any atom is -0.456 e. The smallest absolute Gasteiger partial charge is 0.135 e. The maximum atomic E-state index is 6.49. The minimum absolute atomic E-state index is 0.445. The summed E-state index contributed by atoms with van der Waals surface area (Å²) in [4.78, 5) is 0. The Kier molecular flexibility index (Phi) is 5.49. The standard InChI is InChI=1S/C51H30O/c1-2-12-31(13-3-1)33-17-10-19-40-35(33)26-28-45-49(40)42-25-24-32(30-46(42)51(45)43-21-7-4-14-36(43)37-15-5-8-22-44(37)51)34-27-29-48-50-39(34)18-11-20-41(50)38-16-6-9-23-47(38)52-48/h1-30H. The Hall–Kier alpha value is -6.70. The molecule has 52 heavy (non-hydrogen) atoms. The molecule has 0 saturated carbocycles. The molecule has 9 aromatic carbocycles. The van der Waals surface area contributed by atoms with E-state index in [-0.39, 0.29) is 0 Å². The zero-order valence-electron chi connectivity index (χ0n) is 28.2. The van der Waals surface area contributed by atoms with Crippen molar-refractivity contribution >= 4 is 21.5 Å². The Labute approximate surface area is 302 Å². The number of rotatable bonds is 2. The summed E-state index contributed by atoms with van der Waals surface area (Å²) in [5.74, 6) is 1.83. The fourth-order valence-electron chi connectivity index (χ4n) is 9.86. The van der Waals surface area contributed by atoms with E-state index in [9.17, 15) is 0 Å². The topological polar surface area (TPSA) is 9.23 Å². The average molecular weight is 659 g/mol. The second-order valence-electron chi connectivity index (χ2n) is 14.3. The first-order valence-electron chi connectivity index (χ1n) is 18.1. The van der Waals surface area contributed by atoms with Gasteiger partial charge in [0, 0.05) is 10.9 Å². The van der Waals surface area contributed by atoms with Gasteiger partial charge in [0.05, 0.1) is 5.41 Å². The number of hydrogen-bond donors (Lipinski definition) is 0. The number of hydrogen-bond acceptors (Lipinski definition) is 1. The van der Waals surface area contributed by atoms with Crippen molar-refractivity contribution in [3.05, 3.63) is 204 Å². The molecule has 240 valence electrons. The van der Waals surface area contributed by atoms with Crippen molar-refractivity contribution in [2.75, 3.05) is 0 Å². The van der Waals surface area contributed by atoms with E-state index in [1.807, 2.05) is 6.07 Å². The van der Waals surface area contributed by atoms with Gasteiger partial charge in [-0.25, -0.2) is 0 Å². The molecule has 1 heterocycles. The highest BCUT2D eigenvalue weighted by molar-refractivity contribution is 6.12. The molecule has 0 radical (unpaired) electrons. The van der Waals surface area contributed by atoms with Gasteiger partial charge in [-0.2, -0.15) is 0 Å². The number of benzene rings is 9. The Morgan fingerprint density at radius 3 is 1.75 bits per heavy atom.